The molecule has 1 aromatic rings. The van der Waals surface area contributed by atoms with E-state index in [1.807, 2.05) is 31.2 Å². The summed E-state index contributed by atoms with van der Waals surface area (Å²) in [5.74, 6) is 0. The third-order valence-electron chi connectivity index (χ3n) is 2.15. The van der Waals surface area contributed by atoms with E-state index < -0.39 is 0 Å². The van der Waals surface area contributed by atoms with Crippen molar-refractivity contribution in [1.82, 2.24) is 10.6 Å². The number of hydrogen-bond acceptors (Lipinski definition) is 1. The van der Waals surface area contributed by atoms with Gasteiger partial charge >= 0.3 is 6.03 Å². The fourth-order valence-corrected chi connectivity index (χ4v) is 1.40. The molecule has 0 bridgehead atoms. The molecule has 0 aliphatic rings. The van der Waals surface area contributed by atoms with Crippen LogP contribution >= 0.6 is 11.6 Å². The van der Waals surface area contributed by atoms with Gasteiger partial charge < -0.3 is 10.6 Å². The molecule has 1 rings (SSSR count). The molecule has 0 saturated carbocycles. The van der Waals surface area contributed by atoms with Crippen LogP contribution in [-0.2, 0) is 6.42 Å². The predicted octanol–water partition coefficient (Wildman–Crippen LogP) is 2.59. The number of amides is 2. The number of halogens is 1. The minimum Gasteiger partial charge on any atom is -0.338 e. The normalized spacial score (nSPS) is 9.88. The molecule has 0 heterocycles. The lowest BCUT2D eigenvalue weighted by molar-refractivity contribution is 0.241. The second kappa shape index (κ2) is 7.12. The molecular formula is C12H17ClN2O. The maximum absolute atomic E-state index is 11.2. The first kappa shape index (κ1) is 12.8. The second-order valence-corrected chi connectivity index (χ2v) is 4.00. The van der Waals surface area contributed by atoms with Crippen LogP contribution in [0.5, 0.6) is 0 Å². The number of carbonyl (C=O) groups is 1. The van der Waals surface area contributed by atoms with E-state index in [1.54, 1.807) is 0 Å². The van der Waals surface area contributed by atoms with Crippen molar-refractivity contribution in [3.05, 3.63) is 34.9 Å². The lowest BCUT2D eigenvalue weighted by Gasteiger charge is -2.06. The van der Waals surface area contributed by atoms with Crippen molar-refractivity contribution in [1.29, 1.82) is 0 Å². The summed E-state index contributed by atoms with van der Waals surface area (Å²) in [7, 11) is 0. The van der Waals surface area contributed by atoms with Gasteiger partial charge in [-0.3, -0.25) is 0 Å². The van der Waals surface area contributed by atoms with Crippen LogP contribution in [0.4, 0.5) is 4.79 Å². The quantitative estimate of drug-likeness (QED) is 0.816. The number of rotatable bonds is 5. The smallest absolute Gasteiger partial charge is 0.314 e. The predicted molar refractivity (Wildman–Crippen MR) is 66.8 cm³/mol. The molecule has 16 heavy (non-hydrogen) atoms. The molecule has 0 spiro atoms. The highest BCUT2D eigenvalue weighted by atomic mass is 35.5. The van der Waals surface area contributed by atoms with Gasteiger partial charge in [-0.15, -0.1) is 0 Å². The van der Waals surface area contributed by atoms with Gasteiger partial charge in [-0.25, -0.2) is 4.79 Å². The summed E-state index contributed by atoms with van der Waals surface area (Å²) in [5.41, 5.74) is 1.17. The van der Waals surface area contributed by atoms with Gasteiger partial charge in [-0.05, 0) is 30.5 Å². The van der Waals surface area contributed by atoms with E-state index in [2.05, 4.69) is 10.6 Å². The summed E-state index contributed by atoms with van der Waals surface area (Å²) in [6.45, 7) is 3.37. The molecule has 0 aromatic heterocycles. The molecular weight excluding hydrogens is 224 g/mol. The highest BCUT2D eigenvalue weighted by molar-refractivity contribution is 6.30. The van der Waals surface area contributed by atoms with Crippen molar-refractivity contribution in [2.75, 3.05) is 13.1 Å². The molecule has 0 radical (unpaired) electrons. The van der Waals surface area contributed by atoms with E-state index in [-0.39, 0.29) is 6.03 Å². The molecule has 88 valence electrons. The molecule has 2 N–H and O–H groups in total. The van der Waals surface area contributed by atoms with Crippen LogP contribution < -0.4 is 10.6 Å². The van der Waals surface area contributed by atoms with Crippen molar-refractivity contribution in [3.8, 4) is 0 Å². The van der Waals surface area contributed by atoms with Crippen molar-refractivity contribution < 1.29 is 4.79 Å². The second-order valence-electron chi connectivity index (χ2n) is 3.56. The standard InChI is InChI=1S/C12H17ClN2O/c1-2-8-14-12(16)15-9-7-10-3-5-11(13)6-4-10/h3-6H,2,7-9H2,1H3,(H2,14,15,16). The molecule has 3 nitrogen and oxygen atoms in total. The molecule has 0 fully saturated rings. The van der Waals surface area contributed by atoms with E-state index in [0.29, 0.717) is 13.1 Å². The number of benzene rings is 1. The molecule has 0 saturated heterocycles. The van der Waals surface area contributed by atoms with Gasteiger partial charge in [-0.2, -0.15) is 0 Å². The SMILES string of the molecule is CCCNC(=O)NCCc1ccc(Cl)cc1. The Hall–Kier alpha value is -1.22. The summed E-state index contributed by atoms with van der Waals surface area (Å²) in [6.07, 6.45) is 1.77. The van der Waals surface area contributed by atoms with E-state index >= 15 is 0 Å². The van der Waals surface area contributed by atoms with Crippen LogP contribution in [-0.4, -0.2) is 19.1 Å². The van der Waals surface area contributed by atoms with Gasteiger partial charge in [0.25, 0.3) is 0 Å². The lowest BCUT2D eigenvalue weighted by atomic mass is 10.1. The van der Waals surface area contributed by atoms with Gasteiger partial charge in [0, 0.05) is 18.1 Å². The number of nitrogens with one attached hydrogen (secondary N) is 2. The monoisotopic (exact) mass is 240 g/mol. The zero-order chi connectivity index (χ0) is 11.8. The van der Waals surface area contributed by atoms with Gasteiger partial charge in [0.1, 0.15) is 0 Å². The molecule has 1 aromatic carbocycles. The van der Waals surface area contributed by atoms with E-state index in [1.165, 1.54) is 5.56 Å². The van der Waals surface area contributed by atoms with E-state index in [4.69, 9.17) is 11.6 Å². The molecule has 0 aliphatic carbocycles. The zero-order valence-electron chi connectivity index (χ0n) is 9.42. The molecule has 0 atom stereocenters. The Kier molecular flexibility index (Phi) is 5.72. The number of urea groups is 1. The van der Waals surface area contributed by atoms with Crippen molar-refractivity contribution in [3.63, 3.8) is 0 Å². The largest absolute Gasteiger partial charge is 0.338 e. The lowest BCUT2D eigenvalue weighted by Crippen LogP contribution is -2.36. The Morgan fingerprint density at radius 2 is 1.81 bits per heavy atom. The zero-order valence-corrected chi connectivity index (χ0v) is 10.2. The molecule has 0 aliphatic heterocycles. The first-order valence-corrected chi connectivity index (χ1v) is 5.86. The van der Waals surface area contributed by atoms with Crippen LogP contribution in [0.1, 0.15) is 18.9 Å². The van der Waals surface area contributed by atoms with Crippen LogP contribution in [0.2, 0.25) is 5.02 Å². The van der Waals surface area contributed by atoms with Crippen molar-refractivity contribution in [2.24, 2.45) is 0 Å². The maximum Gasteiger partial charge on any atom is 0.314 e. The Bertz CT molecular complexity index is 324. The highest BCUT2D eigenvalue weighted by Gasteiger charge is 1.98. The molecule has 2 amide bonds. The minimum atomic E-state index is -0.101. The average molecular weight is 241 g/mol. The molecule has 4 heteroatoms. The first-order valence-electron chi connectivity index (χ1n) is 5.48. The van der Waals surface area contributed by atoms with Crippen LogP contribution in [0, 0.1) is 0 Å². The van der Waals surface area contributed by atoms with Gasteiger partial charge in [-0.1, -0.05) is 30.7 Å². The minimum absolute atomic E-state index is 0.101. The van der Waals surface area contributed by atoms with E-state index in [0.717, 1.165) is 17.9 Å². The maximum atomic E-state index is 11.2. The summed E-state index contributed by atoms with van der Waals surface area (Å²) in [4.78, 5) is 11.2. The first-order chi connectivity index (χ1) is 7.72. The van der Waals surface area contributed by atoms with Gasteiger partial charge in [0.2, 0.25) is 0 Å². The third-order valence-corrected chi connectivity index (χ3v) is 2.40. The Morgan fingerprint density at radius 1 is 1.19 bits per heavy atom. The van der Waals surface area contributed by atoms with E-state index in [9.17, 15) is 4.79 Å². The fraction of sp³-hybridized carbons (Fsp3) is 0.417. The molecule has 0 unspecified atom stereocenters. The fourth-order valence-electron chi connectivity index (χ4n) is 1.27. The highest BCUT2D eigenvalue weighted by Crippen LogP contribution is 2.09. The Morgan fingerprint density at radius 3 is 2.44 bits per heavy atom. The topological polar surface area (TPSA) is 41.1 Å². The van der Waals surface area contributed by atoms with Crippen LogP contribution in [0.15, 0.2) is 24.3 Å². The van der Waals surface area contributed by atoms with Gasteiger partial charge in [0.15, 0.2) is 0 Å². The average Bonchev–Trinajstić information content (AvgIpc) is 2.29. The Labute approximate surface area is 101 Å². The van der Waals surface area contributed by atoms with Crippen LogP contribution in [0.3, 0.4) is 0 Å². The summed E-state index contributed by atoms with van der Waals surface area (Å²) < 4.78 is 0. The number of carbonyl (C=O) groups excluding carboxylic acids is 1. The van der Waals surface area contributed by atoms with Crippen molar-refractivity contribution >= 4 is 17.6 Å². The third kappa shape index (κ3) is 5.03. The summed E-state index contributed by atoms with van der Waals surface area (Å²) in [5, 5.41) is 6.29. The summed E-state index contributed by atoms with van der Waals surface area (Å²) in [6, 6.07) is 7.54. The number of hydrogen-bond donors (Lipinski definition) is 2. The summed E-state index contributed by atoms with van der Waals surface area (Å²) >= 11 is 5.77. The Balaban J connectivity index is 2.20. The van der Waals surface area contributed by atoms with Crippen LogP contribution in [0.25, 0.3) is 0 Å². The van der Waals surface area contributed by atoms with Gasteiger partial charge in [0.05, 0.1) is 0 Å². The van der Waals surface area contributed by atoms with Crippen molar-refractivity contribution in [2.45, 2.75) is 19.8 Å².